The van der Waals surface area contributed by atoms with Crippen LogP contribution in [0.25, 0.3) is 16.6 Å². The first-order chi connectivity index (χ1) is 14.5. The first-order valence-corrected chi connectivity index (χ1v) is 9.22. The lowest BCUT2D eigenvalue weighted by atomic mass is 10.1. The summed E-state index contributed by atoms with van der Waals surface area (Å²) in [6.07, 6.45) is 0. The quantitative estimate of drug-likeness (QED) is 0.401. The predicted octanol–water partition coefficient (Wildman–Crippen LogP) is 3.79. The topological polar surface area (TPSA) is 101 Å². The van der Waals surface area contributed by atoms with E-state index >= 15 is 0 Å². The number of fused-ring (bicyclic) bond motifs is 1. The number of pyridine rings is 1. The monoisotopic (exact) mass is 400 g/mol. The molecule has 0 fully saturated rings. The lowest BCUT2D eigenvalue weighted by Gasteiger charge is -2.21. The molecule has 0 saturated carbocycles. The average Bonchev–Trinajstić information content (AvgIpc) is 2.75. The maximum atomic E-state index is 13.4. The van der Waals surface area contributed by atoms with E-state index in [1.807, 2.05) is 18.2 Å². The zero-order valence-electron chi connectivity index (χ0n) is 16.1. The van der Waals surface area contributed by atoms with Gasteiger partial charge in [-0.25, -0.2) is 0 Å². The van der Waals surface area contributed by atoms with Crippen LogP contribution in [-0.4, -0.2) is 20.7 Å². The van der Waals surface area contributed by atoms with Gasteiger partial charge in [0.15, 0.2) is 0 Å². The zero-order valence-corrected chi connectivity index (χ0v) is 16.1. The second-order valence-electron chi connectivity index (χ2n) is 6.67. The molecule has 0 aliphatic carbocycles. The van der Waals surface area contributed by atoms with Crippen LogP contribution >= 0.6 is 0 Å². The molecular formula is C23H18N3O4-. The summed E-state index contributed by atoms with van der Waals surface area (Å²) in [5, 5.41) is 32.4. The molecule has 0 aliphatic rings. The molecule has 0 saturated heterocycles. The highest BCUT2D eigenvalue weighted by molar-refractivity contribution is 6.06. The predicted molar refractivity (Wildman–Crippen MR) is 113 cm³/mol. The molecule has 0 atom stereocenters. The van der Waals surface area contributed by atoms with Crippen molar-refractivity contribution in [2.75, 3.05) is 5.23 Å². The number of aliphatic imine (C=N–C) groups is 1. The van der Waals surface area contributed by atoms with Gasteiger partial charge in [0.1, 0.15) is 5.69 Å². The lowest BCUT2D eigenvalue weighted by molar-refractivity contribution is -0.266. The van der Waals surface area contributed by atoms with E-state index < -0.39 is 11.3 Å². The van der Waals surface area contributed by atoms with Gasteiger partial charge in [-0.1, -0.05) is 54.3 Å². The fraction of sp³-hybridized carbons (Fsp3) is 0.0435. The van der Waals surface area contributed by atoms with Crippen LogP contribution in [0.2, 0.25) is 0 Å². The summed E-state index contributed by atoms with van der Waals surface area (Å²) in [7, 11) is 0. The van der Waals surface area contributed by atoms with Gasteiger partial charge in [0.2, 0.25) is 0 Å². The number of aromatic nitrogens is 1. The molecule has 0 amide bonds. The van der Waals surface area contributed by atoms with Gasteiger partial charge in [-0.15, -0.1) is 5.23 Å². The second-order valence-corrected chi connectivity index (χ2v) is 6.67. The van der Waals surface area contributed by atoms with Gasteiger partial charge in [-0.05, 0) is 42.6 Å². The molecule has 7 heteroatoms. The Hall–Kier alpha value is -3.94. The van der Waals surface area contributed by atoms with Gasteiger partial charge < -0.3 is 5.11 Å². The first kappa shape index (κ1) is 19.4. The van der Waals surface area contributed by atoms with Gasteiger partial charge >= 0.3 is 0 Å². The Morgan fingerprint density at radius 1 is 0.933 bits per heavy atom. The Balaban J connectivity index is 2.02. The Labute approximate surface area is 171 Å². The Bertz CT molecular complexity index is 1310. The number of hydrogen-bond donors (Lipinski definition) is 2. The van der Waals surface area contributed by atoms with E-state index in [0.717, 1.165) is 0 Å². The van der Waals surface area contributed by atoms with Crippen LogP contribution in [0.3, 0.4) is 0 Å². The van der Waals surface area contributed by atoms with Gasteiger partial charge in [0.25, 0.3) is 5.56 Å². The summed E-state index contributed by atoms with van der Waals surface area (Å²) in [6.45, 7) is 1.55. The highest BCUT2D eigenvalue weighted by Gasteiger charge is 2.16. The molecule has 0 bridgehead atoms. The largest absolute Gasteiger partial charge is 0.871 e. The van der Waals surface area contributed by atoms with E-state index in [4.69, 9.17) is 0 Å². The molecule has 1 heterocycles. The number of para-hydroxylation sites is 4. The van der Waals surface area contributed by atoms with Gasteiger partial charge in [0.05, 0.1) is 22.5 Å². The maximum absolute atomic E-state index is 13.4. The third kappa shape index (κ3) is 3.32. The fourth-order valence-electron chi connectivity index (χ4n) is 3.43. The van der Waals surface area contributed by atoms with Crippen molar-refractivity contribution in [2.45, 2.75) is 6.92 Å². The minimum absolute atomic E-state index is 0.0217. The fourth-order valence-corrected chi connectivity index (χ4v) is 3.43. The van der Waals surface area contributed by atoms with Gasteiger partial charge in [0, 0.05) is 5.69 Å². The van der Waals surface area contributed by atoms with Crippen molar-refractivity contribution in [2.24, 2.45) is 4.99 Å². The molecule has 0 radical (unpaired) electrons. The lowest BCUT2D eigenvalue weighted by Crippen LogP contribution is -2.27. The molecule has 150 valence electrons. The van der Waals surface area contributed by atoms with Crippen LogP contribution in [0.4, 0.5) is 11.4 Å². The molecule has 0 spiro atoms. The zero-order chi connectivity index (χ0) is 21.3. The third-order valence-electron chi connectivity index (χ3n) is 4.80. The van der Waals surface area contributed by atoms with E-state index in [1.54, 1.807) is 61.5 Å². The molecule has 30 heavy (non-hydrogen) atoms. The van der Waals surface area contributed by atoms with Gasteiger partial charge in [-0.2, -0.15) is 0 Å². The number of nitrogens with zero attached hydrogens (tertiary/aromatic N) is 3. The third-order valence-corrected chi connectivity index (χ3v) is 4.80. The molecule has 2 N–H and O–H groups in total. The van der Waals surface area contributed by atoms with Crippen molar-refractivity contribution in [3.63, 3.8) is 0 Å². The van der Waals surface area contributed by atoms with Crippen molar-refractivity contribution in [1.82, 2.24) is 4.57 Å². The van der Waals surface area contributed by atoms with E-state index in [9.17, 15) is 20.3 Å². The number of rotatable bonds is 4. The average molecular weight is 400 g/mol. The summed E-state index contributed by atoms with van der Waals surface area (Å²) < 4.78 is 1.49. The number of hydrogen-bond acceptors (Lipinski definition) is 6. The minimum Gasteiger partial charge on any atom is -0.871 e. The molecular weight excluding hydrogens is 382 g/mol. The van der Waals surface area contributed by atoms with E-state index in [-0.39, 0.29) is 27.9 Å². The maximum Gasteiger partial charge on any atom is 0.264 e. The van der Waals surface area contributed by atoms with Crippen molar-refractivity contribution < 1.29 is 15.5 Å². The van der Waals surface area contributed by atoms with Crippen LogP contribution < -0.4 is 15.9 Å². The van der Waals surface area contributed by atoms with Crippen LogP contribution in [-0.2, 0) is 0 Å². The van der Waals surface area contributed by atoms with Crippen molar-refractivity contribution >= 4 is 28.0 Å². The normalized spacial score (nSPS) is 11.6. The van der Waals surface area contributed by atoms with Crippen LogP contribution in [0.5, 0.6) is 5.75 Å². The highest BCUT2D eigenvalue weighted by Crippen LogP contribution is 2.30. The highest BCUT2D eigenvalue weighted by atomic mass is 16.8. The molecule has 0 unspecified atom stereocenters. The summed E-state index contributed by atoms with van der Waals surface area (Å²) in [5.74, 6) is -0.425. The number of anilines is 1. The van der Waals surface area contributed by atoms with E-state index in [1.165, 1.54) is 10.6 Å². The standard InChI is InChI=1S/C23H19N3O4/c1-15(24-18-12-6-8-14-20(18)26(29)30)21-22(27)17-11-5-7-13-19(17)25(23(21)28)16-9-3-2-4-10-16/h2-14,27,29-30H,1H3/p-1. The molecule has 3 aromatic carbocycles. The Morgan fingerprint density at radius 2 is 1.57 bits per heavy atom. The molecule has 7 nitrogen and oxygen atoms in total. The van der Waals surface area contributed by atoms with Crippen LogP contribution in [0, 0.1) is 0 Å². The second kappa shape index (κ2) is 7.82. The molecule has 0 aliphatic heterocycles. The molecule has 4 rings (SSSR count). The smallest absolute Gasteiger partial charge is 0.264 e. The summed E-state index contributed by atoms with van der Waals surface area (Å²) in [5.41, 5.74) is 0.974. The SMILES string of the molecule is CC(=Nc1ccccc1N(O)O)c1c([O-])c2ccccc2n(-c2ccccc2)c1=O. The van der Waals surface area contributed by atoms with E-state index in [2.05, 4.69) is 4.99 Å². The van der Waals surface area contributed by atoms with E-state index in [0.29, 0.717) is 16.6 Å². The van der Waals surface area contributed by atoms with Crippen LogP contribution in [0.1, 0.15) is 12.5 Å². The summed E-state index contributed by atoms with van der Waals surface area (Å²) >= 11 is 0. The molecule has 1 aromatic heterocycles. The van der Waals surface area contributed by atoms with Crippen molar-refractivity contribution in [3.8, 4) is 11.4 Å². The Kier molecular flexibility index (Phi) is 5.05. The number of benzene rings is 3. The van der Waals surface area contributed by atoms with Crippen LogP contribution in [0.15, 0.2) is 88.6 Å². The summed E-state index contributed by atoms with van der Waals surface area (Å²) in [4.78, 5) is 17.8. The summed E-state index contributed by atoms with van der Waals surface area (Å²) in [6, 6.07) is 22.3. The molecule has 4 aromatic rings. The Morgan fingerprint density at radius 3 is 2.30 bits per heavy atom. The van der Waals surface area contributed by atoms with Crippen molar-refractivity contribution in [3.05, 3.63) is 94.8 Å². The first-order valence-electron chi connectivity index (χ1n) is 9.22. The minimum atomic E-state index is -0.492. The van der Waals surface area contributed by atoms with Gasteiger partial charge in [-0.3, -0.25) is 24.8 Å². The van der Waals surface area contributed by atoms with Crippen molar-refractivity contribution in [1.29, 1.82) is 0 Å².